The van der Waals surface area contributed by atoms with Gasteiger partial charge >= 0.3 is 0 Å². The Bertz CT molecular complexity index is 430. The van der Waals surface area contributed by atoms with Gasteiger partial charge in [-0.15, -0.1) is 0 Å². The smallest absolute Gasteiger partial charge is 0.0109 e. The van der Waals surface area contributed by atoms with Crippen molar-refractivity contribution in [2.75, 3.05) is 6.54 Å². The van der Waals surface area contributed by atoms with Crippen LogP contribution in [-0.2, 0) is 5.41 Å². The molecule has 2 saturated carbocycles. The molecule has 19 heavy (non-hydrogen) atoms. The van der Waals surface area contributed by atoms with E-state index < -0.39 is 0 Å². The van der Waals surface area contributed by atoms with Gasteiger partial charge in [0.1, 0.15) is 0 Å². The van der Waals surface area contributed by atoms with Crippen LogP contribution in [0.3, 0.4) is 0 Å². The zero-order chi connectivity index (χ0) is 13.5. The molecule has 0 heterocycles. The molecule has 0 spiro atoms. The van der Waals surface area contributed by atoms with Crippen molar-refractivity contribution in [1.82, 2.24) is 5.32 Å². The van der Waals surface area contributed by atoms with E-state index in [4.69, 9.17) is 0 Å². The summed E-state index contributed by atoms with van der Waals surface area (Å²) in [5.41, 5.74) is 3.48. The van der Waals surface area contributed by atoms with E-state index in [2.05, 4.69) is 50.4 Å². The molecule has 1 nitrogen and oxygen atoms in total. The molecule has 0 bridgehead atoms. The van der Waals surface area contributed by atoms with Crippen LogP contribution in [0.4, 0.5) is 0 Å². The number of hydrogen-bond donors (Lipinski definition) is 1. The van der Waals surface area contributed by atoms with Crippen molar-refractivity contribution in [2.24, 2.45) is 5.92 Å². The van der Waals surface area contributed by atoms with E-state index in [1.54, 1.807) is 5.56 Å². The van der Waals surface area contributed by atoms with Crippen LogP contribution < -0.4 is 5.32 Å². The molecule has 0 amide bonds. The highest BCUT2D eigenvalue weighted by molar-refractivity contribution is 5.37. The molecular formula is C18H27N. The molecule has 104 valence electrons. The van der Waals surface area contributed by atoms with E-state index in [-0.39, 0.29) is 0 Å². The number of benzene rings is 1. The van der Waals surface area contributed by atoms with Gasteiger partial charge in [0.05, 0.1) is 0 Å². The van der Waals surface area contributed by atoms with Crippen LogP contribution in [0, 0.1) is 5.92 Å². The standard InChI is InChI=1S/C18H27N/c1-4-15-11-18(15,12-19-17-9-10-17)16-7-5-14(6-8-16)13(2)3/h5-8,13,15,17,19H,4,9-12H2,1-3H3. The summed E-state index contributed by atoms with van der Waals surface area (Å²) < 4.78 is 0. The maximum Gasteiger partial charge on any atom is 0.0109 e. The van der Waals surface area contributed by atoms with Crippen molar-refractivity contribution in [3.8, 4) is 0 Å². The summed E-state index contributed by atoms with van der Waals surface area (Å²) in [5, 5.41) is 3.76. The van der Waals surface area contributed by atoms with Crippen LogP contribution >= 0.6 is 0 Å². The van der Waals surface area contributed by atoms with Crippen LogP contribution in [0.2, 0.25) is 0 Å². The highest BCUT2D eigenvalue weighted by Crippen LogP contribution is 2.55. The van der Waals surface area contributed by atoms with Crippen molar-refractivity contribution < 1.29 is 0 Å². The van der Waals surface area contributed by atoms with Crippen molar-refractivity contribution >= 4 is 0 Å². The molecule has 2 atom stereocenters. The Morgan fingerprint density at radius 2 is 1.89 bits per heavy atom. The van der Waals surface area contributed by atoms with Gasteiger partial charge < -0.3 is 5.32 Å². The normalized spacial score (nSPS) is 29.8. The lowest BCUT2D eigenvalue weighted by Gasteiger charge is -2.20. The molecule has 1 aromatic rings. The summed E-state index contributed by atoms with van der Waals surface area (Å²) in [4.78, 5) is 0. The monoisotopic (exact) mass is 257 g/mol. The summed E-state index contributed by atoms with van der Waals surface area (Å²) in [6, 6.07) is 10.3. The van der Waals surface area contributed by atoms with Crippen LogP contribution in [0.5, 0.6) is 0 Å². The van der Waals surface area contributed by atoms with Crippen molar-refractivity contribution in [3.05, 3.63) is 35.4 Å². The summed E-state index contributed by atoms with van der Waals surface area (Å²) >= 11 is 0. The summed E-state index contributed by atoms with van der Waals surface area (Å²) in [7, 11) is 0. The van der Waals surface area contributed by atoms with Crippen LogP contribution in [0.15, 0.2) is 24.3 Å². The summed E-state index contributed by atoms with van der Waals surface area (Å²) in [5.74, 6) is 1.53. The van der Waals surface area contributed by atoms with E-state index in [9.17, 15) is 0 Å². The van der Waals surface area contributed by atoms with E-state index in [0.29, 0.717) is 11.3 Å². The molecular weight excluding hydrogens is 230 g/mol. The average Bonchev–Trinajstić information content (AvgIpc) is 3.31. The Kier molecular flexibility index (Phi) is 3.42. The van der Waals surface area contributed by atoms with Gasteiger partial charge in [-0.2, -0.15) is 0 Å². The topological polar surface area (TPSA) is 12.0 Å². The second-order valence-electron chi connectivity index (χ2n) is 6.90. The Balaban J connectivity index is 1.75. The van der Waals surface area contributed by atoms with E-state index in [0.717, 1.165) is 12.0 Å². The van der Waals surface area contributed by atoms with Crippen molar-refractivity contribution in [2.45, 2.75) is 63.8 Å². The highest BCUT2D eigenvalue weighted by atomic mass is 15.0. The molecule has 0 aliphatic heterocycles. The lowest BCUT2D eigenvalue weighted by Crippen LogP contribution is -2.30. The fourth-order valence-electron chi connectivity index (χ4n) is 3.40. The van der Waals surface area contributed by atoms with Gasteiger partial charge in [0.15, 0.2) is 0 Å². The molecule has 2 aliphatic rings. The zero-order valence-corrected chi connectivity index (χ0v) is 12.6. The fraction of sp³-hybridized carbons (Fsp3) is 0.667. The van der Waals surface area contributed by atoms with E-state index in [1.165, 1.54) is 37.8 Å². The number of hydrogen-bond acceptors (Lipinski definition) is 1. The Hall–Kier alpha value is -0.820. The van der Waals surface area contributed by atoms with Crippen LogP contribution in [-0.4, -0.2) is 12.6 Å². The highest BCUT2D eigenvalue weighted by Gasteiger charge is 2.53. The molecule has 2 fully saturated rings. The first-order valence-electron chi connectivity index (χ1n) is 7.99. The van der Waals surface area contributed by atoms with Gasteiger partial charge in [-0.1, -0.05) is 51.5 Å². The lowest BCUT2D eigenvalue weighted by molar-refractivity contribution is 0.521. The third kappa shape index (κ3) is 2.58. The predicted molar refractivity (Wildman–Crippen MR) is 81.6 cm³/mol. The first kappa shape index (κ1) is 13.2. The third-order valence-electron chi connectivity index (χ3n) is 5.16. The second-order valence-corrected chi connectivity index (χ2v) is 6.90. The Labute approximate surface area is 117 Å². The molecule has 0 radical (unpaired) electrons. The second kappa shape index (κ2) is 4.94. The lowest BCUT2D eigenvalue weighted by atomic mass is 9.90. The first-order chi connectivity index (χ1) is 9.15. The van der Waals surface area contributed by atoms with E-state index in [1.807, 2.05) is 0 Å². The minimum absolute atomic E-state index is 0.451. The molecule has 0 aromatic heterocycles. The Morgan fingerprint density at radius 1 is 1.21 bits per heavy atom. The van der Waals surface area contributed by atoms with Gasteiger partial charge in [-0.25, -0.2) is 0 Å². The molecule has 2 aliphatic carbocycles. The average molecular weight is 257 g/mol. The third-order valence-corrected chi connectivity index (χ3v) is 5.16. The maximum absolute atomic E-state index is 3.76. The summed E-state index contributed by atoms with van der Waals surface area (Å²) in [6.07, 6.45) is 5.47. The minimum Gasteiger partial charge on any atom is -0.313 e. The maximum atomic E-state index is 3.76. The Morgan fingerprint density at radius 3 is 2.37 bits per heavy atom. The quantitative estimate of drug-likeness (QED) is 0.804. The molecule has 1 heteroatoms. The van der Waals surface area contributed by atoms with Gasteiger partial charge in [0.2, 0.25) is 0 Å². The predicted octanol–water partition coefficient (Wildman–Crippen LogP) is 4.23. The van der Waals surface area contributed by atoms with Gasteiger partial charge in [-0.3, -0.25) is 0 Å². The first-order valence-corrected chi connectivity index (χ1v) is 7.99. The molecule has 1 N–H and O–H groups in total. The SMILES string of the molecule is CCC1CC1(CNC1CC1)c1ccc(C(C)C)cc1. The molecule has 3 rings (SSSR count). The van der Waals surface area contributed by atoms with Gasteiger partial charge in [-0.05, 0) is 42.2 Å². The summed E-state index contributed by atoms with van der Waals surface area (Å²) in [6.45, 7) is 8.07. The van der Waals surface area contributed by atoms with Crippen LogP contribution in [0.25, 0.3) is 0 Å². The molecule has 1 aromatic carbocycles. The number of rotatable bonds is 6. The minimum atomic E-state index is 0.451. The van der Waals surface area contributed by atoms with E-state index >= 15 is 0 Å². The van der Waals surface area contributed by atoms with Crippen LogP contribution in [0.1, 0.15) is 63.5 Å². The molecule has 0 saturated heterocycles. The zero-order valence-electron chi connectivity index (χ0n) is 12.6. The van der Waals surface area contributed by atoms with Crippen molar-refractivity contribution in [1.29, 1.82) is 0 Å². The molecule has 2 unspecified atom stereocenters. The van der Waals surface area contributed by atoms with Gasteiger partial charge in [0.25, 0.3) is 0 Å². The fourth-order valence-corrected chi connectivity index (χ4v) is 3.40. The largest absolute Gasteiger partial charge is 0.313 e. The van der Waals surface area contributed by atoms with Crippen molar-refractivity contribution in [3.63, 3.8) is 0 Å². The number of nitrogens with one attached hydrogen (secondary N) is 1. The van der Waals surface area contributed by atoms with Gasteiger partial charge in [0, 0.05) is 18.0 Å².